The van der Waals surface area contributed by atoms with Crippen molar-refractivity contribution in [3.63, 3.8) is 0 Å². The first-order chi connectivity index (χ1) is 29.6. The lowest BCUT2D eigenvalue weighted by atomic mass is 9.88. The van der Waals surface area contributed by atoms with Crippen molar-refractivity contribution in [3.8, 4) is 33.5 Å². The minimum absolute atomic E-state index is 0.747. The van der Waals surface area contributed by atoms with Crippen LogP contribution in [0.5, 0.6) is 0 Å². The number of rotatable bonds is 6. The van der Waals surface area contributed by atoms with Crippen LogP contribution in [0.25, 0.3) is 104 Å². The average Bonchev–Trinajstić information content (AvgIpc) is 3.32. The molecule has 11 rings (SSSR count). The monoisotopic (exact) mass is 768 g/mol. The van der Waals surface area contributed by atoms with Crippen LogP contribution in [0.15, 0.2) is 200 Å². The first-order valence-corrected chi connectivity index (χ1v) is 20.9. The van der Waals surface area contributed by atoms with Crippen molar-refractivity contribution in [1.29, 1.82) is 0 Å². The zero-order valence-corrected chi connectivity index (χ0v) is 33.9. The van der Waals surface area contributed by atoms with Crippen LogP contribution in [-0.2, 0) is 6.42 Å². The van der Waals surface area contributed by atoms with Crippen molar-refractivity contribution < 1.29 is 0 Å². The van der Waals surface area contributed by atoms with E-state index in [4.69, 9.17) is 10.7 Å². The van der Waals surface area contributed by atoms with Gasteiger partial charge >= 0.3 is 0 Å². The molecule has 0 unspecified atom stereocenters. The van der Waals surface area contributed by atoms with Crippen molar-refractivity contribution in [2.45, 2.75) is 20.3 Å². The minimum atomic E-state index is 0.747. The van der Waals surface area contributed by atoms with E-state index >= 15 is 0 Å². The molecule has 2 heteroatoms. The number of fused-ring (bicyclic) bond motifs is 7. The number of pyridine rings is 1. The van der Waals surface area contributed by atoms with E-state index in [2.05, 4.69) is 206 Å². The first-order valence-electron chi connectivity index (χ1n) is 20.9. The molecule has 2 nitrogen and oxygen atoms in total. The third-order valence-corrected chi connectivity index (χ3v) is 11.8. The molecule has 0 bridgehead atoms. The smallest absolute Gasteiger partial charge is 0.0795 e. The summed E-state index contributed by atoms with van der Waals surface area (Å²) in [6, 6.07) is 69.9. The van der Waals surface area contributed by atoms with Gasteiger partial charge < -0.3 is 5.73 Å². The van der Waals surface area contributed by atoms with E-state index in [1.54, 1.807) is 0 Å². The topological polar surface area (TPSA) is 38.9 Å². The van der Waals surface area contributed by atoms with Gasteiger partial charge in [0.2, 0.25) is 0 Å². The third kappa shape index (κ3) is 6.72. The standard InChI is InChI=1S/C56H38N2.C2H6/c57-55-48(19-9-10-36-20-21-37-11-1-5-15-41(37)30-36)50(45-25-22-38-12-2-6-16-42(38)31-45)35-53-52(55)34-51(46-26-23-39-13-3-7-17-43(39)32-46)49-28-29-54(58-56(49)53)47-27-24-40-14-4-8-18-44(40)33-47;1-2/h1-9,11-35H,10,57H2;1-2H3/b19-9-;. The van der Waals surface area contributed by atoms with Gasteiger partial charge in [-0.1, -0.05) is 178 Å². The van der Waals surface area contributed by atoms with E-state index in [1.165, 1.54) is 48.7 Å². The maximum absolute atomic E-state index is 7.48. The second kappa shape index (κ2) is 15.7. The fourth-order valence-corrected chi connectivity index (χ4v) is 8.75. The van der Waals surface area contributed by atoms with E-state index in [9.17, 15) is 0 Å². The zero-order chi connectivity index (χ0) is 40.6. The predicted octanol–water partition coefficient (Wildman–Crippen LogP) is 15.9. The first kappa shape index (κ1) is 36.8. The molecule has 0 atom stereocenters. The lowest BCUT2D eigenvalue weighted by Crippen LogP contribution is -1.98. The van der Waals surface area contributed by atoms with Crippen LogP contribution in [0.3, 0.4) is 0 Å². The Morgan fingerprint density at radius 3 is 1.47 bits per heavy atom. The van der Waals surface area contributed by atoms with Crippen LogP contribution >= 0.6 is 0 Å². The minimum Gasteiger partial charge on any atom is -0.398 e. The Hall–Kier alpha value is -7.55. The lowest BCUT2D eigenvalue weighted by molar-refractivity contribution is 1.29. The molecule has 1 aromatic heterocycles. The van der Waals surface area contributed by atoms with E-state index < -0.39 is 0 Å². The quantitative estimate of drug-likeness (QED) is 0.135. The molecule has 2 N–H and O–H groups in total. The largest absolute Gasteiger partial charge is 0.398 e. The second-order valence-corrected chi connectivity index (χ2v) is 15.3. The Balaban J connectivity index is 0.00000213. The summed E-state index contributed by atoms with van der Waals surface area (Å²) in [6.45, 7) is 4.00. The van der Waals surface area contributed by atoms with Crippen LogP contribution in [0.4, 0.5) is 5.69 Å². The van der Waals surface area contributed by atoms with Crippen LogP contribution in [0.1, 0.15) is 25.0 Å². The Labute approximate surface area is 350 Å². The molecule has 0 aliphatic heterocycles. The van der Waals surface area contributed by atoms with Crippen LogP contribution in [0.2, 0.25) is 0 Å². The molecule has 0 aliphatic carbocycles. The fourth-order valence-electron chi connectivity index (χ4n) is 8.75. The number of anilines is 1. The number of allylic oxidation sites excluding steroid dienone is 1. The SMILES string of the molecule is CC.Nc1c(/C=C\Cc2ccc3ccccc3c2)c(-c2ccc3ccccc3c2)cc2c1cc(-c1ccc3ccccc3c1)c1ccc(-c3ccc4ccccc4c3)nc12. The molecular formula is C58H44N2. The van der Waals surface area contributed by atoms with Crippen LogP contribution in [0, 0.1) is 0 Å². The van der Waals surface area contributed by atoms with Gasteiger partial charge in [-0.3, -0.25) is 0 Å². The summed E-state index contributed by atoms with van der Waals surface area (Å²) >= 11 is 0. The highest BCUT2D eigenvalue weighted by molar-refractivity contribution is 6.18. The molecule has 0 spiro atoms. The van der Waals surface area contributed by atoms with Crippen molar-refractivity contribution in [2.24, 2.45) is 0 Å². The Morgan fingerprint density at radius 2 is 0.883 bits per heavy atom. The Kier molecular flexibility index (Phi) is 9.60. The Morgan fingerprint density at radius 1 is 0.417 bits per heavy atom. The van der Waals surface area contributed by atoms with Crippen molar-refractivity contribution in [1.82, 2.24) is 4.98 Å². The van der Waals surface area contributed by atoms with Gasteiger partial charge in [0.1, 0.15) is 0 Å². The molecule has 0 fully saturated rings. The Bertz CT molecular complexity index is 3450. The highest BCUT2D eigenvalue weighted by Gasteiger charge is 2.19. The normalized spacial score (nSPS) is 11.6. The zero-order valence-electron chi connectivity index (χ0n) is 33.9. The van der Waals surface area contributed by atoms with Gasteiger partial charge in [0.15, 0.2) is 0 Å². The maximum atomic E-state index is 7.48. The molecule has 0 aliphatic rings. The molecule has 286 valence electrons. The molecule has 60 heavy (non-hydrogen) atoms. The number of benzene rings is 10. The molecule has 0 amide bonds. The molecule has 0 saturated carbocycles. The predicted molar refractivity (Wildman–Crippen MR) is 261 cm³/mol. The summed E-state index contributed by atoms with van der Waals surface area (Å²) < 4.78 is 0. The molecular weight excluding hydrogens is 725 g/mol. The summed E-state index contributed by atoms with van der Waals surface area (Å²) in [4.78, 5) is 5.54. The van der Waals surface area contributed by atoms with Crippen LogP contribution < -0.4 is 5.73 Å². The summed E-state index contributed by atoms with van der Waals surface area (Å²) in [7, 11) is 0. The van der Waals surface area contributed by atoms with Gasteiger partial charge in [-0.05, 0) is 120 Å². The molecule has 0 radical (unpaired) electrons. The van der Waals surface area contributed by atoms with E-state index in [0.717, 1.165) is 72.9 Å². The number of aromatic nitrogens is 1. The van der Waals surface area contributed by atoms with Gasteiger partial charge in [0, 0.05) is 33.0 Å². The second-order valence-electron chi connectivity index (χ2n) is 15.3. The van der Waals surface area contributed by atoms with E-state index in [1.807, 2.05) is 13.8 Å². The van der Waals surface area contributed by atoms with Gasteiger partial charge in [0.05, 0.1) is 11.2 Å². The molecule has 1 heterocycles. The maximum Gasteiger partial charge on any atom is 0.0795 e. The van der Waals surface area contributed by atoms with E-state index in [-0.39, 0.29) is 0 Å². The molecule has 10 aromatic carbocycles. The number of nitrogens with two attached hydrogens (primary N) is 1. The summed E-state index contributed by atoms with van der Waals surface area (Å²) in [5.74, 6) is 0. The molecule has 11 aromatic rings. The van der Waals surface area contributed by atoms with Crippen LogP contribution in [-0.4, -0.2) is 4.98 Å². The van der Waals surface area contributed by atoms with Crippen molar-refractivity contribution in [3.05, 3.63) is 211 Å². The van der Waals surface area contributed by atoms with Gasteiger partial charge in [-0.2, -0.15) is 0 Å². The number of hydrogen-bond acceptors (Lipinski definition) is 2. The average molecular weight is 769 g/mol. The summed E-state index contributed by atoms with van der Waals surface area (Å²) in [5, 5.41) is 12.8. The van der Waals surface area contributed by atoms with Crippen molar-refractivity contribution in [2.75, 3.05) is 5.73 Å². The number of nitrogen functional groups attached to an aromatic ring is 1. The summed E-state index contributed by atoms with van der Waals surface area (Å²) in [5.41, 5.74) is 17.9. The fraction of sp³-hybridized carbons (Fsp3) is 0.0517. The summed E-state index contributed by atoms with van der Waals surface area (Å²) in [6.07, 6.45) is 5.27. The number of hydrogen-bond donors (Lipinski definition) is 1. The van der Waals surface area contributed by atoms with Gasteiger partial charge in [-0.25, -0.2) is 4.98 Å². The lowest BCUT2D eigenvalue weighted by Gasteiger charge is -2.18. The van der Waals surface area contributed by atoms with Gasteiger partial charge in [-0.15, -0.1) is 0 Å². The van der Waals surface area contributed by atoms with Crippen molar-refractivity contribution >= 4 is 76.5 Å². The number of nitrogens with zero attached hydrogens (tertiary/aromatic N) is 1. The third-order valence-electron chi connectivity index (χ3n) is 11.8. The van der Waals surface area contributed by atoms with E-state index in [0.29, 0.717) is 0 Å². The highest BCUT2D eigenvalue weighted by atomic mass is 14.7. The highest BCUT2D eigenvalue weighted by Crippen LogP contribution is 2.43. The molecule has 0 saturated heterocycles. The van der Waals surface area contributed by atoms with Gasteiger partial charge in [0.25, 0.3) is 0 Å².